The molecule has 2 aromatic carbocycles. The SMILES string of the molecule is COC(=O)c1c(-c2ccccc2)c2cc(Cl)ccc2c(=O)n1Cc1cc(C(N)=O)n(C)n1. The molecule has 2 heterocycles. The van der Waals surface area contributed by atoms with Crippen LogP contribution in [-0.4, -0.2) is 33.3 Å². The van der Waals surface area contributed by atoms with Crippen LogP contribution in [0, 0.1) is 0 Å². The summed E-state index contributed by atoms with van der Waals surface area (Å²) < 4.78 is 7.68. The average molecular weight is 451 g/mol. The van der Waals surface area contributed by atoms with Gasteiger partial charge in [0.05, 0.1) is 19.3 Å². The van der Waals surface area contributed by atoms with Gasteiger partial charge in [-0.05, 0) is 35.2 Å². The van der Waals surface area contributed by atoms with Gasteiger partial charge < -0.3 is 10.5 Å². The highest BCUT2D eigenvalue weighted by molar-refractivity contribution is 6.31. The smallest absolute Gasteiger partial charge is 0.355 e. The highest BCUT2D eigenvalue weighted by Crippen LogP contribution is 2.33. The molecule has 0 saturated heterocycles. The number of nitrogens with zero attached hydrogens (tertiary/aromatic N) is 3. The monoisotopic (exact) mass is 450 g/mol. The quantitative estimate of drug-likeness (QED) is 0.470. The second-order valence-electron chi connectivity index (χ2n) is 7.17. The lowest BCUT2D eigenvalue weighted by molar-refractivity contribution is 0.0588. The van der Waals surface area contributed by atoms with Gasteiger partial charge >= 0.3 is 5.97 Å². The molecule has 0 aliphatic rings. The fourth-order valence-corrected chi connectivity index (χ4v) is 3.94. The number of fused-ring (bicyclic) bond motifs is 1. The molecule has 4 rings (SSSR count). The third-order valence-corrected chi connectivity index (χ3v) is 5.41. The van der Waals surface area contributed by atoms with Crippen molar-refractivity contribution < 1.29 is 14.3 Å². The van der Waals surface area contributed by atoms with E-state index in [0.717, 1.165) is 0 Å². The number of carbonyl (C=O) groups excluding carboxylic acids is 2. The molecule has 1 amide bonds. The number of primary amides is 1. The van der Waals surface area contributed by atoms with Crippen LogP contribution in [0.4, 0.5) is 0 Å². The van der Waals surface area contributed by atoms with Gasteiger partial charge in [0.1, 0.15) is 11.4 Å². The Morgan fingerprint density at radius 2 is 1.81 bits per heavy atom. The number of pyridine rings is 1. The van der Waals surface area contributed by atoms with E-state index < -0.39 is 17.4 Å². The molecule has 8 nitrogen and oxygen atoms in total. The van der Waals surface area contributed by atoms with Crippen molar-refractivity contribution in [2.75, 3.05) is 7.11 Å². The van der Waals surface area contributed by atoms with Crippen molar-refractivity contribution in [2.24, 2.45) is 12.8 Å². The van der Waals surface area contributed by atoms with Crippen LogP contribution in [0.15, 0.2) is 59.4 Å². The summed E-state index contributed by atoms with van der Waals surface area (Å²) in [5.74, 6) is -1.33. The van der Waals surface area contributed by atoms with Crippen molar-refractivity contribution >= 4 is 34.2 Å². The number of carbonyl (C=O) groups is 2. The van der Waals surface area contributed by atoms with Gasteiger partial charge in [-0.3, -0.25) is 18.8 Å². The van der Waals surface area contributed by atoms with Gasteiger partial charge in [0.15, 0.2) is 0 Å². The van der Waals surface area contributed by atoms with Gasteiger partial charge in [0.2, 0.25) is 0 Å². The van der Waals surface area contributed by atoms with E-state index in [2.05, 4.69) is 5.10 Å². The normalized spacial score (nSPS) is 11.0. The van der Waals surface area contributed by atoms with Crippen LogP contribution >= 0.6 is 11.6 Å². The highest BCUT2D eigenvalue weighted by Gasteiger charge is 2.25. The van der Waals surface area contributed by atoms with Crippen LogP contribution in [0.3, 0.4) is 0 Å². The molecule has 0 saturated carbocycles. The first-order chi connectivity index (χ1) is 15.3. The van der Waals surface area contributed by atoms with E-state index >= 15 is 0 Å². The van der Waals surface area contributed by atoms with E-state index in [1.165, 1.54) is 22.4 Å². The second-order valence-corrected chi connectivity index (χ2v) is 7.61. The molecule has 4 aromatic rings. The van der Waals surface area contributed by atoms with Crippen molar-refractivity contribution in [2.45, 2.75) is 6.54 Å². The Kier molecular flexibility index (Phi) is 5.54. The molecule has 0 aliphatic heterocycles. The Hall–Kier alpha value is -3.91. The standard InChI is InChI=1S/C23H19ClN4O4/c1-27-18(21(25)29)11-15(26-27)12-28-20(23(31)32-2)19(13-6-4-3-5-7-13)17-10-14(24)8-9-16(17)22(28)30/h3-11H,12H2,1-2H3,(H2,25,29). The summed E-state index contributed by atoms with van der Waals surface area (Å²) in [5.41, 5.74) is 6.83. The minimum Gasteiger partial charge on any atom is -0.464 e. The summed E-state index contributed by atoms with van der Waals surface area (Å²) in [4.78, 5) is 38.1. The van der Waals surface area contributed by atoms with Crippen molar-refractivity contribution in [3.05, 3.63) is 87.1 Å². The van der Waals surface area contributed by atoms with E-state index in [1.54, 1.807) is 25.2 Å². The number of amides is 1. The molecule has 0 radical (unpaired) electrons. The number of esters is 1. The summed E-state index contributed by atoms with van der Waals surface area (Å²) in [5, 5.41) is 5.62. The van der Waals surface area contributed by atoms with E-state index in [0.29, 0.717) is 32.6 Å². The molecule has 0 atom stereocenters. The van der Waals surface area contributed by atoms with Gasteiger partial charge in [-0.2, -0.15) is 5.10 Å². The van der Waals surface area contributed by atoms with Gasteiger partial charge in [0, 0.05) is 23.0 Å². The van der Waals surface area contributed by atoms with Crippen molar-refractivity contribution in [3.63, 3.8) is 0 Å². The summed E-state index contributed by atoms with van der Waals surface area (Å²) >= 11 is 6.23. The first-order valence-electron chi connectivity index (χ1n) is 9.64. The molecule has 0 spiro atoms. The second kappa shape index (κ2) is 8.32. The average Bonchev–Trinajstić information content (AvgIpc) is 3.15. The lowest BCUT2D eigenvalue weighted by atomic mass is 9.96. The van der Waals surface area contributed by atoms with Gasteiger partial charge in [-0.1, -0.05) is 41.9 Å². The predicted molar refractivity (Wildman–Crippen MR) is 121 cm³/mol. The van der Waals surface area contributed by atoms with Gasteiger partial charge in [-0.25, -0.2) is 4.79 Å². The number of aromatic nitrogens is 3. The fraction of sp³-hybridized carbons (Fsp3) is 0.130. The van der Waals surface area contributed by atoms with Crippen molar-refractivity contribution in [3.8, 4) is 11.1 Å². The molecular formula is C23H19ClN4O4. The number of aryl methyl sites for hydroxylation is 1. The molecule has 2 aromatic heterocycles. The highest BCUT2D eigenvalue weighted by atomic mass is 35.5. The number of benzene rings is 2. The van der Waals surface area contributed by atoms with E-state index in [1.807, 2.05) is 30.3 Å². The Bertz CT molecular complexity index is 1420. The molecule has 2 N–H and O–H groups in total. The molecule has 0 aliphatic carbocycles. The summed E-state index contributed by atoms with van der Waals surface area (Å²) in [6, 6.07) is 15.6. The molecule has 0 bridgehead atoms. The first kappa shape index (κ1) is 21.3. The third-order valence-electron chi connectivity index (χ3n) is 5.18. The molecular weight excluding hydrogens is 432 g/mol. The summed E-state index contributed by atoms with van der Waals surface area (Å²) in [7, 11) is 2.82. The van der Waals surface area contributed by atoms with E-state index in [9.17, 15) is 14.4 Å². The van der Waals surface area contributed by atoms with Gasteiger partial charge in [-0.15, -0.1) is 0 Å². The summed E-state index contributed by atoms with van der Waals surface area (Å²) in [6.07, 6.45) is 0. The number of hydrogen-bond acceptors (Lipinski definition) is 5. The largest absolute Gasteiger partial charge is 0.464 e. The minimum atomic E-state index is -0.686. The van der Waals surface area contributed by atoms with Crippen LogP contribution in [-0.2, 0) is 18.3 Å². The summed E-state index contributed by atoms with van der Waals surface area (Å²) in [6.45, 7) is -0.0667. The number of rotatable bonds is 5. The topological polar surface area (TPSA) is 109 Å². The Balaban J connectivity index is 2.08. The van der Waals surface area contributed by atoms with Crippen LogP contribution in [0.5, 0.6) is 0 Å². The number of nitrogens with two attached hydrogens (primary N) is 1. The number of ether oxygens (including phenoxy) is 1. The molecule has 32 heavy (non-hydrogen) atoms. The van der Waals surface area contributed by atoms with Crippen LogP contribution in [0.1, 0.15) is 26.7 Å². The van der Waals surface area contributed by atoms with Crippen molar-refractivity contribution in [1.29, 1.82) is 0 Å². The zero-order chi connectivity index (χ0) is 23.0. The van der Waals surface area contributed by atoms with Crippen LogP contribution in [0.2, 0.25) is 5.02 Å². The third kappa shape index (κ3) is 3.65. The van der Waals surface area contributed by atoms with E-state index in [4.69, 9.17) is 22.1 Å². The first-order valence-corrected chi connectivity index (χ1v) is 10.0. The maximum Gasteiger partial charge on any atom is 0.355 e. The maximum absolute atomic E-state index is 13.5. The zero-order valence-corrected chi connectivity index (χ0v) is 18.1. The van der Waals surface area contributed by atoms with Gasteiger partial charge in [0.25, 0.3) is 11.5 Å². The lowest BCUT2D eigenvalue weighted by Crippen LogP contribution is -2.28. The lowest BCUT2D eigenvalue weighted by Gasteiger charge is -2.18. The maximum atomic E-state index is 13.5. The number of halogens is 1. The molecule has 162 valence electrons. The van der Waals surface area contributed by atoms with Crippen LogP contribution < -0.4 is 11.3 Å². The minimum absolute atomic E-state index is 0.0599. The fourth-order valence-electron chi connectivity index (χ4n) is 3.77. The number of methoxy groups -OCH3 is 1. The predicted octanol–water partition coefficient (Wildman–Crippen LogP) is 2.99. The Morgan fingerprint density at radius 3 is 2.44 bits per heavy atom. The Morgan fingerprint density at radius 1 is 1.09 bits per heavy atom. The van der Waals surface area contributed by atoms with Crippen molar-refractivity contribution in [1.82, 2.24) is 14.3 Å². The van der Waals surface area contributed by atoms with E-state index in [-0.39, 0.29) is 17.9 Å². The number of hydrogen-bond donors (Lipinski definition) is 1. The Labute approximate surface area is 187 Å². The molecule has 0 fully saturated rings. The van der Waals surface area contributed by atoms with Crippen LogP contribution in [0.25, 0.3) is 21.9 Å². The zero-order valence-electron chi connectivity index (χ0n) is 17.3. The molecule has 0 unspecified atom stereocenters. The molecule has 9 heteroatoms.